The van der Waals surface area contributed by atoms with Gasteiger partial charge in [0.05, 0.1) is 12.1 Å². The summed E-state index contributed by atoms with van der Waals surface area (Å²) in [6, 6.07) is 1.87. The molecule has 3 rings (SSSR count). The Hall–Kier alpha value is -1.89. The topological polar surface area (TPSA) is 67.7 Å². The predicted octanol–water partition coefficient (Wildman–Crippen LogP) is 0.121. The van der Waals surface area contributed by atoms with Gasteiger partial charge in [0.25, 0.3) is 0 Å². The summed E-state index contributed by atoms with van der Waals surface area (Å²) in [5, 5.41) is 4.13. The molecule has 0 N–H and O–H groups in total. The largest absolute Gasteiger partial charge is 0.366 e. The van der Waals surface area contributed by atoms with Gasteiger partial charge in [-0.15, -0.1) is 0 Å². The number of fused-ring (bicyclic) bond motifs is 1. The average molecular weight is 306 g/mol. The Labute approximate surface area is 129 Å². The molecule has 7 heteroatoms. The molecule has 2 aliphatic heterocycles. The van der Waals surface area contributed by atoms with Gasteiger partial charge in [-0.05, 0) is 18.9 Å². The van der Waals surface area contributed by atoms with Crippen LogP contribution in [0.1, 0.15) is 19.3 Å². The minimum absolute atomic E-state index is 0.00534. The van der Waals surface area contributed by atoms with E-state index in [-0.39, 0.29) is 30.6 Å². The second-order valence-corrected chi connectivity index (χ2v) is 5.92. The molecule has 120 valence electrons. The molecule has 2 amide bonds. The molecule has 3 heterocycles. The van der Waals surface area contributed by atoms with Crippen molar-refractivity contribution in [2.75, 3.05) is 26.7 Å². The number of aryl methyl sites for hydroxylation is 1. The van der Waals surface area contributed by atoms with Crippen molar-refractivity contribution in [3.05, 3.63) is 18.5 Å². The fourth-order valence-corrected chi connectivity index (χ4v) is 3.15. The number of carbonyl (C=O) groups is 2. The van der Waals surface area contributed by atoms with Crippen LogP contribution in [-0.2, 0) is 20.9 Å². The lowest BCUT2D eigenvalue weighted by Gasteiger charge is -2.45. The number of ether oxygens (including phenoxy) is 1. The number of likely N-dealkylation sites (N-methyl/N-ethyl adjacent to an activating group) is 1. The minimum atomic E-state index is -0.00920. The number of piperidine rings is 1. The third-order valence-electron chi connectivity index (χ3n) is 4.52. The van der Waals surface area contributed by atoms with E-state index in [4.69, 9.17) is 4.74 Å². The molecule has 0 aliphatic carbocycles. The zero-order valence-electron chi connectivity index (χ0n) is 12.9. The van der Waals surface area contributed by atoms with Crippen LogP contribution in [0, 0.1) is 0 Å². The number of nitrogens with zero attached hydrogens (tertiary/aromatic N) is 4. The third-order valence-corrected chi connectivity index (χ3v) is 4.52. The van der Waals surface area contributed by atoms with Crippen LogP contribution in [0.25, 0.3) is 0 Å². The van der Waals surface area contributed by atoms with Crippen LogP contribution in [0.15, 0.2) is 18.5 Å². The molecular formula is C15H22N4O3. The van der Waals surface area contributed by atoms with Crippen molar-refractivity contribution in [2.24, 2.45) is 0 Å². The zero-order valence-corrected chi connectivity index (χ0v) is 12.9. The van der Waals surface area contributed by atoms with Gasteiger partial charge in [0.15, 0.2) is 0 Å². The quantitative estimate of drug-likeness (QED) is 0.792. The number of hydrogen-bond acceptors (Lipinski definition) is 4. The molecule has 2 atom stereocenters. The summed E-state index contributed by atoms with van der Waals surface area (Å²) >= 11 is 0. The second-order valence-electron chi connectivity index (χ2n) is 5.92. The standard InChI is InChI=1S/C15H22N4O3/c1-17-12-10-18(9-5-13(12)22-11-15(17)21)14(20)4-2-7-19-8-3-6-16-19/h3,6,8,12-13H,2,4-5,7,9-11H2,1H3/t12-,13+/m0/s1. The van der Waals surface area contributed by atoms with Gasteiger partial charge < -0.3 is 14.5 Å². The van der Waals surface area contributed by atoms with Crippen molar-refractivity contribution in [1.29, 1.82) is 0 Å². The summed E-state index contributed by atoms with van der Waals surface area (Å²) in [5.74, 6) is 0.145. The van der Waals surface area contributed by atoms with Gasteiger partial charge in [0.2, 0.25) is 11.8 Å². The van der Waals surface area contributed by atoms with Gasteiger partial charge in [-0.2, -0.15) is 5.10 Å². The average Bonchev–Trinajstić information content (AvgIpc) is 3.04. The summed E-state index contributed by atoms with van der Waals surface area (Å²) in [5.41, 5.74) is 0. The first-order valence-electron chi connectivity index (χ1n) is 7.77. The van der Waals surface area contributed by atoms with Gasteiger partial charge in [-0.1, -0.05) is 0 Å². The summed E-state index contributed by atoms with van der Waals surface area (Å²) in [6.07, 6.45) is 5.79. The number of rotatable bonds is 4. The van der Waals surface area contributed by atoms with Crippen LogP contribution in [0.3, 0.4) is 0 Å². The molecule has 2 aliphatic rings. The Kier molecular flexibility index (Phi) is 4.42. The molecule has 0 radical (unpaired) electrons. The van der Waals surface area contributed by atoms with Gasteiger partial charge in [0, 0.05) is 45.5 Å². The van der Waals surface area contributed by atoms with Crippen molar-refractivity contribution >= 4 is 11.8 Å². The van der Waals surface area contributed by atoms with Crippen molar-refractivity contribution < 1.29 is 14.3 Å². The van der Waals surface area contributed by atoms with Crippen LogP contribution in [0.4, 0.5) is 0 Å². The van der Waals surface area contributed by atoms with Gasteiger partial charge in [-0.3, -0.25) is 14.3 Å². The molecule has 0 aromatic carbocycles. The molecule has 1 aromatic heterocycles. The Morgan fingerprint density at radius 1 is 1.50 bits per heavy atom. The summed E-state index contributed by atoms with van der Waals surface area (Å²) in [4.78, 5) is 27.7. The smallest absolute Gasteiger partial charge is 0.248 e. The lowest BCUT2D eigenvalue weighted by Crippen LogP contribution is -2.61. The predicted molar refractivity (Wildman–Crippen MR) is 79.0 cm³/mol. The van der Waals surface area contributed by atoms with Crippen LogP contribution >= 0.6 is 0 Å². The van der Waals surface area contributed by atoms with E-state index in [9.17, 15) is 9.59 Å². The molecule has 2 fully saturated rings. The summed E-state index contributed by atoms with van der Waals surface area (Å²) < 4.78 is 7.42. The second kappa shape index (κ2) is 6.48. The zero-order chi connectivity index (χ0) is 15.5. The van der Waals surface area contributed by atoms with E-state index in [0.717, 1.165) is 19.4 Å². The highest BCUT2D eigenvalue weighted by molar-refractivity contribution is 5.79. The molecule has 0 bridgehead atoms. The fourth-order valence-electron chi connectivity index (χ4n) is 3.15. The number of amides is 2. The van der Waals surface area contributed by atoms with E-state index in [2.05, 4.69) is 5.10 Å². The molecular weight excluding hydrogens is 284 g/mol. The SMILES string of the molecule is CN1C(=O)CO[C@@H]2CCN(C(=O)CCCn3cccn3)C[C@@H]21. The lowest BCUT2D eigenvalue weighted by atomic mass is 9.98. The van der Waals surface area contributed by atoms with Crippen LogP contribution in [-0.4, -0.2) is 70.3 Å². The maximum Gasteiger partial charge on any atom is 0.248 e. The number of carbonyl (C=O) groups excluding carboxylic acids is 2. The number of morpholine rings is 1. The van der Waals surface area contributed by atoms with Gasteiger partial charge in [-0.25, -0.2) is 0 Å². The number of aromatic nitrogens is 2. The van der Waals surface area contributed by atoms with Crippen LogP contribution < -0.4 is 0 Å². The highest BCUT2D eigenvalue weighted by atomic mass is 16.5. The van der Waals surface area contributed by atoms with Crippen molar-refractivity contribution in [3.63, 3.8) is 0 Å². The lowest BCUT2D eigenvalue weighted by molar-refractivity contribution is -0.163. The highest BCUT2D eigenvalue weighted by Crippen LogP contribution is 2.23. The minimum Gasteiger partial charge on any atom is -0.366 e. The Bertz CT molecular complexity index is 531. The van der Waals surface area contributed by atoms with E-state index >= 15 is 0 Å². The molecule has 2 saturated heterocycles. The van der Waals surface area contributed by atoms with E-state index in [1.54, 1.807) is 18.1 Å². The van der Waals surface area contributed by atoms with E-state index in [1.165, 1.54) is 0 Å². The Morgan fingerprint density at radius 3 is 3.14 bits per heavy atom. The van der Waals surface area contributed by atoms with Gasteiger partial charge in [0.1, 0.15) is 6.61 Å². The maximum atomic E-state index is 12.3. The Balaban J connectivity index is 1.49. The first-order chi connectivity index (χ1) is 10.6. The fraction of sp³-hybridized carbons (Fsp3) is 0.667. The monoisotopic (exact) mass is 306 g/mol. The summed E-state index contributed by atoms with van der Waals surface area (Å²) in [7, 11) is 1.80. The van der Waals surface area contributed by atoms with E-state index < -0.39 is 0 Å². The maximum absolute atomic E-state index is 12.3. The normalized spacial score (nSPS) is 25.2. The van der Waals surface area contributed by atoms with Crippen molar-refractivity contribution in [3.8, 4) is 0 Å². The Morgan fingerprint density at radius 2 is 2.36 bits per heavy atom. The first kappa shape index (κ1) is 15.0. The molecule has 0 spiro atoms. The molecule has 0 saturated carbocycles. The van der Waals surface area contributed by atoms with Crippen molar-refractivity contribution in [2.45, 2.75) is 38.0 Å². The summed E-state index contributed by atoms with van der Waals surface area (Å²) in [6.45, 7) is 2.20. The molecule has 22 heavy (non-hydrogen) atoms. The van der Waals surface area contributed by atoms with Crippen molar-refractivity contribution in [1.82, 2.24) is 19.6 Å². The molecule has 1 aromatic rings. The number of hydrogen-bond donors (Lipinski definition) is 0. The van der Waals surface area contributed by atoms with Crippen LogP contribution in [0.5, 0.6) is 0 Å². The van der Waals surface area contributed by atoms with E-state index in [1.807, 2.05) is 21.8 Å². The number of likely N-dealkylation sites (tertiary alicyclic amines) is 1. The van der Waals surface area contributed by atoms with Gasteiger partial charge >= 0.3 is 0 Å². The molecule has 7 nitrogen and oxygen atoms in total. The first-order valence-corrected chi connectivity index (χ1v) is 7.77. The third kappa shape index (κ3) is 3.14. The highest BCUT2D eigenvalue weighted by Gasteiger charge is 2.39. The van der Waals surface area contributed by atoms with Crippen LogP contribution in [0.2, 0.25) is 0 Å². The van der Waals surface area contributed by atoms with E-state index in [0.29, 0.717) is 19.5 Å². The molecule has 0 unspecified atom stereocenters.